The lowest BCUT2D eigenvalue weighted by molar-refractivity contribution is -0.138. The molecule has 3 aliphatic rings. The van der Waals surface area contributed by atoms with Crippen molar-refractivity contribution in [1.82, 2.24) is 9.62 Å². The van der Waals surface area contributed by atoms with Crippen molar-refractivity contribution in [3.63, 3.8) is 0 Å². The molecule has 0 radical (unpaired) electrons. The molecule has 0 aromatic heterocycles. The second-order valence-corrected chi connectivity index (χ2v) is 10.4. The first-order chi connectivity index (χ1) is 14.5. The van der Waals surface area contributed by atoms with Crippen LogP contribution in [0.2, 0.25) is 0 Å². The number of carbonyl (C=O) groups is 1. The van der Waals surface area contributed by atoms with Crippen molar-refractivity contribution in [1.29, 1.82) is 0 Å². The van der Waals surface area contributed by atoms with Gasteiger partial charge in [0.2, 0.25) is 15.9 Å². The van der Waals surface area contributed by atoms with E-state index in [1.54, 1.807) is 6.07 Å². The van der Waals surface area contributed by atoms with Crippen LogP contribution in [0, 0.1) is 11.8 Å². The number of hydrogen-bond donors (Lipinski definition) is 1. The number of hydrogen-bond acceptors (Lipinski definition) is 5. The normalized spacial score (nSPS) is 26.6. The highest BCUT2D eigenvalue weighted by molar-refractivity contribution is 7.89. The van der Waals surface area contributed by atoms with Gasteiger partial charge in [-0.15, -0.1) is 0 Å². The van der Waals surface area contributed by atoms with Crippen molar-refractivity contribution in [2.24, 2.45) is 11.8 Å². The molecule has 1 saturated heterocycles. The molecule has 1 saturated carbocycles. The number of rotatable bonds is 5. The maximum absolute atomic E-state index is 12.9. The van der Waals surface area contributed by atoms with Crippen LogP contribution in [0.5, 0.6) is 11.5 Å². The molecule has 3 atom stereocenters. The first-order valence-electron chi connectivity index (χ1n) is 11.1. The Hall–Kier alpha value is -1.80. The van der Waals surface area contributed by atoms with Gasteiger partial charge in [0, 0.05) is 38.0 Å². The largest absolute Gasteiger partial charge is 0.490 e. The third-order valence-electron chi connectivity index (χ3n) is 6.72. The van der Waals surface area contributed by atoms with E-state index in [1.807, 2.05) is 4.90 Å². The van der Waals surface area contributed by atoms with E-state index < -0.39 is 10.0 Å². The maximum Gasteiger partial charge on any atom is 0.240 e. The number of sulfonamides is 1. The highest BCUT2D eigenvalue weighted by Gasteiger charge is 2.39. The SMILES string of the molecule is C[C@@H]1CCN(C(=O)CCNS(=O)(=O)c2ccc3c(c2)OCCCO3)[C@H]2CCCC[C@H]12. The molecule has 8 heteroatoms. The van der Waals surface area contributed by atoms with Crippen molar-refractivity contribution < 1.29 is 22.7 Å². The summed E-state index contributed by atoms with van der Waals surface area (Å²) in [6.45, 7) is 4.23. The minimum Gasteiger partial charge on any atom is -0.490 e. The topological polar surface area (TPSA) is 84.9 Å². The third kappa shape index (κ3) is 4.59. The molecule has 1 N–H and O–H groups in total. The van der Waals surface area contributed by atoms with E-state index >= 15 is 0 Å². The van der Waals surface area contributed by atoms with E-state index in [-0.39, 0.29) is 23.8 Å². The lowest BCUT2D eigenvalue weighted by atomic mass is 9.72. The molecular weight excluding hydrogens is 404 g/mol. The van der Waals surface area contributed by atoms with Crippen molar-refractivity contribution in [3.8, 4) is 11.5 Å². The predicted molar refractivity (Wildman–Crippen MR) is 113 cm³/mol. The molecule has 2 heterocycles. The predicted octanol–water partition coefficient (Wildman–Crippen LogP) is 2.94. The smallest absolute Gasteiger partial charge is 0.240 e. The van der Waals surface area contributed by atoms with E-state index in [2.05, 4.69) is 11.6 Å². The van der Waals surface area contributed by atoms with Crippen LogP contribution in [0.3, 0.4) is 0 Å². The third-order valence-corrected chi connectivity index (χ3v) is 8.18. The van der Waals surface area contributed by atoms with E-state index in [4.69, 9.17) is 9.47 Å². The van der Waals surface area contributed by atoms with E-state index in [0.717, 1.165) is 25.8 Å². The fraction of sp³-hybridized carbons (Fsp3) is 0.682. The van der Waals surface area contributed by atoms with Gasteiger partial charge in [-0.25, -0.2) is 13.1 Å². The first kappa shape index (κ1) is 21.4. The zero-order valence-electron chi connectivity index (χ0n) is 17.6. The molecule has 0 unspecified atom stereocenters. The molecule has 1 aromatic carbocycles. The maximum atomic E-state index is 12.9. The molecule has 1 aromatic rings. The summed E-state index contributed by atoms with van der Waals surface area (Å²) in [7, 11) is -3.72. The van der Waals surface area contributed by atoms with Crippen LogP contribution in [-0.4, -0.2) is 51.6 Å². The van der Waals surface area contributed by atoms with Crippen molar-refractivity contribution >= 4 is 15.9 Å². The molecule has 2 aliphatic heterocycles. The highest BCUT2D eigenvalue weighted by atomic mass is 32.2. The average molecular weight is 437 g/mol. The zero-order chi connectivity index (χ0) is 21.1. The highest BCUT2D eigenvalue weighted by Crippen LogP contribution is 2.39. The van der Waals surface area contributed by atoms with Crippen molar-refractivity contribution in [2.75, 3.05) is 26.3 Å². The van der Waals surface area contributed by atoms with Gasteiger partial charge < -0.3 is 14.4 Å². The van der Waals surface area contributed by atoms with Gasteiger partial charge in [-0.1, -0.05) is 19.8 Å². The summed E-state index contributed by atoms with van der Waals surface area (Å²) in [4.78, 5) is 15.0. The summed E-state index contributed by atoms with van der Waals surface area (Å²) in [5.41, 5.74) is 0. The van der Waals surface area contributed by atoms with Crippen molar-refractivity contribution in [3.05, 3.63) is 18.2 Å². The molecule has 7 nitrogen and oxygen atoms in total. The molecule has 30 heavy (non-hydrogen) atoms. The quantitative estimate of drug-likeness (QED) is 0.767. The van der Waals surface area contributed by atoms with Gasteiger partial charge in [-0.05, 0) is 43.2 Å². The number of fused-ring (bicyclic) bond motifs is 2. The Morgan fingerprint density at radius 2 is 1.87 bits per heavy atom. The number of benzene rings is 1. The summed E-state index contributed by atoms with van der Waals surface area (Å²) < 4.78 is 39.1. The summed E-state index contributed by atoms with van der Waals surface area (Å²) in [6.07, 6.45) is 6.68. The van der Waals surface area contributed by atoms with Gasteiger partial charge in [0.15, 0.2) is 11.5 Å². The van der Waals surface area contributed by atoms with E-state index in [1.165, 1.54) is 31.4 Å². The van der Waals surface area contributed by atoms with E-state index in [0.29, 0.717) is 42.6 Å². The Morgan fingerprint density at radius 1 is 1.10 bits per heavy atom. The van der Waals surface area contributed by atoms with Gasteiger partial charge in [0.1, 0.15) is 0 Å². The molecule has 166 valence electrons. The van der Waals surface area contributed by atoms with Crippen LogP contribution in [0.1, 0.15) is 51.9 Å². The first-order valence-corrected chi connectivity index (χ1v) is 12.6. The lowest BCUT2D eigenvalue weighted by Crippen LogP contribution is -2.52. The molecule has 0 spiro atoms. The Balaban J connectivity index is 1.35. The summed E-state index contributed by atoms with van der Waals surface area (Å²) in [5.74, 6) is 2.31. The fourth-order valence-corrected chi connectivity index (χ4v) is 6.10. The Bertz CT molecular complexity index is 872. The number of amides is 1. The van der Waals surface area contributed by atoms with Crippen LogP contribution < -0.4 is 14.2 Å². The molecule has 2 fully saturated rings. The lowest BCUT2D eigenvalue weighted by Gasteiger charge is -2.47. The Kier molecular flexibility index (Phi) is 6.53. The number of likely N-dealkylation sites (tertiary alicyclic amines) is 1. The number of ether oxygens (including phenoxy) is 2. The van der Waals surface area contributed by atoms with Crippen LogP contribution in [0.25, 0.3) is 0 Å². The van der Waals surface area contributed by atoms with Crippen LogP contribution in [0.4, 0.5) is 0 Å². The van der Waals surface area contributed by atoms with Crippen LogP contribution >= 0.6 is 0 Å². The van der Waals surface area contributed by atoms with Gasteiger partial charge in [-0.2, -0.15) is 0 Å². The second-order valence-electron chi connectivity index (χ2n) is 8.68. The van der Waals surface area contributed by atoms with Crippen molar-refractivity contribution in [2.45, 2.75) is 62.8 Å². The van der Waals surface area contributed by atoms with Gasteiger partial charge >= 0.3 is 0 Å². The Labute approximate surface area is 179 Å². The standard InChI is InChI=1S/C22H32N2O5S/c1-16-10-12-24(19-6-3-2-5-18(16)19)22(25)9-11-23-30(26,27)17-7-8-20-21(15-17)29-14-4-13-28-20/h7-8,15-16,18-19,23H,2-6,9-14H2,1H3/t16-,18-,19+/m1/s1. The number of piperidine rings is 1. The van der Waals surface area contributed by atoms with E-state index in [9.17, 15) is 13.2 Å². The minimum absolute atomic E-state index is 0.0557. The zero-order valence-corrected chi connectivity index (χ0v) is 18.5. The molecule has 1 aliphatic carbocycles. The number of carbonyl (C=O) groups excluding carboxylic acids is 1. The summed E-state index contributed by atoms with van der Waals surface area (Å²) in [6, 6.07) is 4.95. The fourth-order valence-electron chi connectivity index (χ4n) is 5.05. The summed E-state index contributed by atoms with van der Waals surface area (Å²) in [5, 5.41) is 0. The minimum atomic E-state index is -3.72. The number of nitrogens with one attached hydrogen (secondary N) is 1. The van der Waals surface area contributed by atoms with Crippen LogP contribution in [-0.2, 0) is 14.8 Å². The monoisotopic (exact) mass is 436 g/mol. The second kappa shape index (κ2) is 9.14. The average Bonchev–Trinajstić information content (AvgIpc) is 2.99. The number of nitrogens with zero attached hydrogens (tertiary/aromatic N) is 1. The van der Waals surface area contributed by atoms with Crippen LogP contribution in [0.15, 0.2) is 23.1 Å². The molecule has 0 bridgehead atoms. The van der Waals surface area contributed by atoms with Gasteiger partial charge in [0.05, 0.1) is 18.1 Å². The molecule has 4 rings (SSSR count). The molecular formula is C22H32N2O5S. The molecule has 1 amide bonds. The summed E-state index contributed by atoms with van der Waals surface area (Å²) >= 11 is 0. The van der Waals surface area contributed by atoms with Gasteiger partial charge in [0.25, 0.3) is 0 Å². The van der Waals surface area contributed by atoms with Gasteiger partial charge in [-0.3, -0.25) is 4.79 Å². The Morgan fingerprint density at radius 3 is 2.70 bits per heavy atom.